The Morgan fingerprint density at radius 3 is 2.60 bits per heavy atom. The fraction of sp³-hybridized carbons (Fsp3) is 0.176. The molecule has 3 heteroatoms. The van der Waals surface area contributed by atoms with Crippen LogP contribution >= 0.6 is 0 Å². The van der Waals surface area contributed by atoms with Gasteiger partial charge in [-0.2, -0.15) is 0 Å². The second-order valence-corrected chi connectivity index (χ2v) is 4.81. The molecule has 0 saturated heterocycles. The number of nitrogens with zero attached hydrogens (tertiary/aromatic N) is 1. The molecule has 0 bridgehead atoms. The molecule has 0 saturated carbocycles. The molecule has 0 atom stereocenters. The molecule has 1 heterocycles. The Labute approximate surface area is 117 Å². The average molecular weight is 269 g/mol. The van der Waals surface area contributed by atoms with Crippen LogP contribution in [0.4, 0.5) is 4.39 Å². The van der Waals surface area contributed by atoms with Gasteiger partial charge in [0.2, 0.25) is 0 Å². The molecule has 0 aliphatic carbocycles. The molecule has 1 aromatic heterocycles. The van der Waals surface area contributed by atoms with Crippen molar-refractivity contribution >= 4 is 10.9 Å². The van der Waals surface area contributed by atoms with E-state index in [0.717, 1.165) is 29.6 Å². The predicted molar refractivity (Wildman–Crippen MR) is 78.6 cm³/mol. The number of benzene rings is 2. The molecule has 0 N–H and O–H groups in total. The maximum absolute atomic E-state index is 13.3. The first-order chi connectivity index (χ1) is 9.76. The van der Waals surface area contributed by atoms with Crippen LogP contribution in [0.3, 0.4) is 0 Å². The Morgan fingerprint density at radius 1 is 1.05 bits per heavy atom. The first-order valence-electron chi connectivity index (χ1n) is 6.63. The summed E-state index contributed by atoms with van der Waals surface area (Å²) in [4.78, 5) is 0. The number of aromatic nitrogens is 1. The number of hydrogen-bond donors (Lipinski definition) is 0. The van der Waals surface area contributed by atoms with E-state index in [0.29, 0.717) is 0 Å². The summed E-state index contributed by atoms with van der Waals surface area (Å²) in [6, 6.07) is 15.0. The quantitative estimate of drug-likeness (QED) is 0.697. The van der Waals surface area contributed by atoms with Gasteiger partial charge in [0.1, 0.15) is 11.6 Å². The number of fused-ring (bicyclic) bond motifs is 1. The van der Waals surface area contributed by atoms with Gasteiger partial charge in [-0.15, -0.1) is 0 Å². The molecule has 0 aliphatic rings. The SMILES string of the molecule is COc1ccc(CCn2ccc3ccc(F)cc32)cc1. The van der Waals surface area contributed by atoms with Crippen LogP contribution in [0.25, 0.3) is 10.9 Å². The predicted octanol–water partition coefficient (Wildman–Crippen LogP) is 4.03. The third-order valence-electron chi connectivity index (χ3n) is 3.54. The van der Waals surface area contributed by atoms with Gasteiger partial charge < -0.3 is 9.30 Å². The molecular weight excluding hydrogens is 253 g/mol. The van der Waals surface area contributed by atoms with Gasteiger partial charge in [0.25, 0.3) is 0 Å². The van der Waals surface area contributed by atoms with Crippen LogP contribution in [0.2, 0.25) is 0 Å². The van der Waals surface area contributed by atoms with Crippen LogP contribution in [0.15, 0.2) is 54.7 Å². The maximum Gasteiger partial charge on any atom is 0.125 e. The minimum atomic E-state index is -0.193. The molecule has 0 amide bonds. The van der Waals surface area contributed by atoms with Gasteiger partial charge >= 0.3 is 0 Å². The smallest absolute Gasteiger partial charge is 0.125 e. The van der Waals surface area contributed by atoms with Gasteiger partial charge in [-0.1, -0.05) is 12.1 Å². The zero-order chi connectivity index (χ0) is 13.9. The Balaban J connectivity index is 1.77. The average Bonchev–Trinajstić information content (AvgIpc) is 2.88. The van der Waals surface area contributed by atoms with Crippen molar-refractivity contribution in [3.05, 3.63) is 66.1 Å². The summed E-state index contributed by atoms with van der Waals surface area (Å²) in [5.74, 6) is 0.670. The number of methoxy groups -OCH3 is 1. The van der Waals surface area contributed by atoms with Crippen LogP contribution in [-0.2, 0) is 13.0 Å². The molecular formula is C17H16FNO. The van der Waals surface area contributed by atoms with E-state index >= 15 is 0 Å². The van der Waals surface area contributed by atoms with Crippen LogP contribution < -0.4 is 4.74 Å². The van der Waals surface area contributed by atoms with Gasteiger partial charge in [-0.25, -0.2) is 4.39 Å². The topological polar surface area (TPSA) is 14.2 Å². The molecule has 102 valence electrons. The summed E-state index contributed by atoms with van der Waals surface area (Å²) in [7, 11) is 1.66. The third-order valence-corrected chi connectivity index (χ3v) is 3.54. The Hall–Kier alpha value is -2.29. The molecule has 2 aromatic carbocycles. The number of halogens is 1. The lowest BCUT2D eigenvalue weighted by atomic mass is 10.1. The monoisotopic (exact) mass is 269 g/mol. The van der Waals surface area contributed by atoms with Gasteiger partial charge in [0, 0.05) is 12.7 Å². The van der Waals surface area contributed by atoms with Gasteiger partial charge in [-0.3, -0.25) is 0 Å². The summed E-state index contributed by atoms with van der Waals surface area (Å²) in [6.07, 6.45) is 2.91. The lowest BCUT2D eigenvalue weighted by Crippen LogP contribution is -2.00. The van der Waals surface area contributed by atoms with Crippen molar-refractivity contribution < 1.29 is 9.13 Å². The number of ether oxygens (including phenoxy) is 1. The minimum absolute atomic E-state index is 0.193. The van der Waals surface area contributed by atoms with Crippen molar-refractivity contribution in [2.24, 2.45) is 0 Å². The van der Waals surface area contributed by atoms with Gasteiger partial charge in [0.15, 0.2) is 0 Å². The van der Waals surface area contributed by atoms with E-state index in [1.807, 2.05) is 30.5 Å². The molecule has 0 aliphatic heterocycles. The fourth-order valence-electron chi connectivity index (χ4n) is 2.39. The Kier molecular flexibility index (Phi) is 3.42. The Bertz CT molecular complexity index is 715. The summed E-state index contributed by atoms with van der Waals surface area (Å²) < 4.78 is 20.5. The fourth-order valence-corrected chi connectivity index (χ4v) is 2.39. The van der Waals surface area contributed by atoms with E-state index in [9.17, 15) is 4.39 Å². The lowest BCUT2D eigenvalue weighted by molar-refractivity contribution is 0.414. The third kappa shape index (κ3) is 2.52. The molecule has 3 rings (SSSR count). The molecule has 0 unspecified atom stereocenters. The van der Waals surface area contributed by atoms with Gasteiger partial charge in [0.05, 0.1) is 12.6 Å². The molecule has 3 aromatic rings. The van der Waals surface area contributed by atoms with E-state index in [-0.39, 0.29) is 5.82 Å². The molecule has 20 heavy (non-hydrogen) atoms. The van der Waals surface area contributed by atoms with Crippen LogP contribution in [0.1, 0.15) is 5.56 Å². The number of hydrogen-bond acceptors (Lipinski definition) is 1. The highest BCUT2D eigenvalue weighted by atomic mass is 19.1. The van der Waals surface area contributed by atoms with Crippen LogP contribution in [-0.4, -0.2) is 11.7 Å². The molecule has 2 nitrogen and oxygen atoms in total. The van der Waals surface area contributed by atoms with Crippen molar-refractivity contribution in [1.29, 1.82) is 0 Å². The lowest BCUT2D eigenvalue weighted by Gasteiger charge is -2.07. The molecule has 0 spiro atoms. The van der Waals surface area contributed by atoms with Crippen molar-refractivity contribution in [2.75, 3.05) is 7.11 Å². The van der Waals surface area contributed by atoms with E-state index < -0.39 is 0 Å². The summed E-state index contributed by atoms with van der Waals surface area (Å²) in [5.41, 5.74) is 2.18. The molecule has 0 fully saturated rings. The van der Waals surface area contributed by atoms with Crippen molar-refractivity contribution in [2.45, 2.75) is 13.0 Å². The number of rotatable bonds is 4. The zero-order valence-electron chi connectivity index (χ0n) is 11.3. The zero-order valence-corrected chi connectivity index (χ0v) is 11.3. The summed E-state index contributed by atoms with van der Waals surface area (Å²) in [6.45, 7) is 0.833. The molecule has 0 radical (unpaired) electrons. The van der Waals surface area contributed by atoms with Crippen molar-refractivity contribution in [3.63, 3.8) is 0 Å². The summed E-state index contributed by atoms with van der Waals surface area (Å²) in [5, 5.41) is 1.07. The van der Waals surface area contributed by atoms with Gasteiger partial charge in [-0.05, 0) is 53.8 Å². The minimum Gasteiger partial charge on any atom is -0.497 e. The van der Waals surface area contributed by atoms with Crippen LogP contribution in [0.5, 0.6) is 5.75 Å². The highest BCUT2D eigenvalue weighted by Crippen LogP contribution is 2.18. The highest BCUT2D eigenvalue weighted by molar-refractivity contribution is 5.80. The number of aryl methyl sites for hydroxylation is 2. The van der Waals surface area contributed by atoms with E-state index in [4.69, 9.17) is 4.74 Å². The van der Waals surface area contributed by atoms with Crippen molar-refractivity contribution in [3.8, 4) is 5.75 Å². The second-order valence-electron chi connectivity index (χ2n) is 4.81. The van der Waals surface area contributed by atoms with E-state index in [1.54, 1.807) is 13.2 Å². The van der Waals surface area contributed by atoms with E-state index in [1.165, 1.54) is 11.6 Å². The Morgan fingerprint density at radius 2 is 1.85 bits per heavy atom. The van der Waals surface area contributed by atoms with Crippen molar-refractivity contribution in [1.82, 2.24) is 4.57 Å². The van der Waals surface area contributed by atoms with E-state index in [2.05, 4.69) is 16.7 Å². The maximum atomic E-state index is 13.3. The largest absolute Gasteiger partial charge is 0.497 e. The summed E-state index contributed by atoms with van der Waals surface area (Å²) >= 11 is 0. The van der Waals surface area contributed by atoms with Crippen LogP contribution in [0, 0.1) is 5.82 Å². The first-order valence-corrected chi connectivity index (χ1v) is 6.63. The highest BCUT2D eigenvalue weighted by Gasteiger charge is 2.03. The first kappa shape index (κ1) is 12.7. The standard InChI is InChI=1S/C17H16FNO/c1-20-16-6-2-13(3-7-16)8-10-19-11-9-14-4-5-15(18)12-17(14)19/h2-7,9,11-12H,8,10H2,1H3. The second kappa shape index (κ2) is 5.37. The normalized spacial score (nSPS) is 10.9.